The Kier molecular flexibility index (Phi) is 6.74. The number of carbonyl (C=O) groups excluding carboxylic acids is 1. The fourth-order valence-electron chi connectivity index (χ4n) is 4.43. The van der Waals surface area contributed by atoms with E-state index in [0.717, 1.165) is 38.9 Å². The molecule has 0 bridgehead atoms. The van der Waals surface area contributed by atoms with Gasteiger partial charge in [-0.25, -0.2) is 19.3 Å². The summed E-state index contributed by atoms with van der Waals surface area (Å²) in [5, 5.41) is 7.10. The predicted octanol–water partition coefficient (Wildman–Crippen LogP) is 5.16. The number of amides is 1. The molecule has 0 spiro atoms. The van der Waals surface area contributed by atoms with Crippen LogP contribution in [0, 0.1) is 12.7 Å². The van der Waals surface area contributed by atoms with E-state index in [0.29, 0.717) is 23.7 Å². The lowest BCUT2D eigenvalue weighted by Gasteiger charge is -2.17. The van der Waals surface area contributed by atoms with Crippen LogP contribution in [0.4, 0.5) is 16.0 Å². The molecule has 5 rings (SSSR count). The molecule has 0 aliphatic carbocycles. The summed E-state index contributed by atoms with van der Waals surface area (Å²) in [4.78, 5) is 26.1. The zero-order valence-electron chi connectivity index (χ0n) is 21.4. The highest BCUT2D eigenvalue weighted by molar-refractivity contribution is 6.00. The second-order valence-electron chi connectivity index (χ2n) is 9.32. The molecule has 38 heavy (non-hydrogen) atoms. The van der Waals surface area contributed by atoms with Crippen LogP contribution < -0.4 is 16.4 Å². The number of nitrogens with zero attached hydrogens (tertiary/aromatic N) is 4. The van der Waals surface area contributed by atoms with E-state index in [1.807, 2.05) is 55.9 Å². The van der Waals surface area contributed by atoms with E-state index in [9.17, 15) is 9.18 Å². The van der Waals surface area contributed by atoms with Gasteiger partial charge in [0.1, 0.15) is 29.4 Å². The molecule has 0 saturated carbocycles. The van der Waals surface area contributed by atoms with Crippen LogP contribution in [0.5, 0.6) is 0 Å². The molecule has 3 aromatic heterocycles. The molecule has 2 aromatic carbocycles. The first-order valence-electron chi connectivity index (χ1n) is 12.2. The van der Waals surface area contributed by atoms with Gasteiger partial charge in [-0.15, -0.1) is 0 Å². The molecular formula is C29H28FN7O. The highest BCUT2D eigenvalue weighted by Crippen LogP contribution is 2.32. The summed E-state index contributed by atoms with van der Waals surface area (Å²) in [6, 6.07) is 15.7. The Morgan fingerprint density at radius 2 is 1.82 bits per heavy atom. The van der Waals surface area contributed by atoms with Gasteiger partial charge in [-0.2, -0.15) is 0 Å². The van der Waals surface area contributed by atoms with Gasteiger partial charge < -0.3 is 20.9 Å². The molecule has 0 saturated heterocycles. The molecule has 0 aliphatic heterocycles. The van der Waals surface area contributed by atoms with Gasteiger partial charge in [0.15, 0.2) is 0 Å². The average Bonchev–Trinajstić information content (AvgIpc) is 3.26. The predicted molar refractivity (Wildman–Crippen MR) is 147 cm³/mol. The lowest BCUT2D eigenvalue weighted by molar-refractivity contribution is 0.0940. The quantitative estimate of drug-likeness (QED) is 0.279. The SMILES string of the molecule is Cc1cnc(NCc2ccc(-c3cn(C)c4ncnc(N)c34)cc2)c(C(=O)NC(C)c2ccc(F)cc2)c1. The van der Waals surface area contributed by atoms with Crippen molar-refractivity contribution in [3.63, 3.8) is 0 Å². The molecule has 4 N–H and O–H groups in total. The lowest BCUT2D eigenvalue weighted by atomic mass is 10.0. The number of pyridine rings is 1. The number of hydrogen-bond acceptors (Lipinski definition) is 6. The zero-order chi connectivity index (χ0) is 26.8. The van der Waals surface area contributed by atoms with Crippen molar-refractivity contribution < 1.29 is 9.18 Å². The molecule has 0 aliphatic rings. The Morgan fingerprint density at radius 3 is 2.55 bits per heavy atom. The summed E-state index contributed by atoms with van der Waals surface area (Å²) in [5.41, 5.74) is 12.0. The number of nitrogen functional groups attached to an aromatic ring is 1. The van der Waals surface area contributed by atoms with Crippen LogP contribution in [0.15, 0.2) is 73.3 Å². The number of carbonyl (C=O) groups is 1. The van der Waals surface area contributed by atoms with Crippen molar-refractivity contribution in [3.8, 4) is 11.1 Å². The maximum atomic E-state index is 13.3. The number of fused-ring (bicyclic) bond motifs is 1. The fourth-order valence-corrected chi connectivity index (χ4v) is 4.43. The summed E-state index contributed by atoms with van der Waals surface area (Å²) in [5.74, 6) is 0.361. The highest BCUT2D eigenvalue weighted by atomic mass is 19.1. The van der Waals surface area contributed by atoms with Crippen molar-refractivity contribution >= 4 is 28.6 Å². The van der Waals surface area contributed by atoms with Crippen LogP contribution in [0.25, 0.3) is 22.2 Å². The lowest BCUT2D eigenvalue weighted by Crippen LogP contribution is -2.27. The molecule has 9 heteroatoms. The molecule has 0 fully saturated rings. The fraction of sp³-hybridized carbons (Fsp3) is 0.172. The van der Waals surface area contributed by atoms with E-state index in [1.54, 1.807) is 24.4 Å². The first-order chi connectivity index (χ1) is 18.3. The molecule has 1 amide bonds. The maximum absolute atomic E-state index is 13.3. The van der Waals surface area contributed by atoms with Gasteiger partial charge in [-0.1, -0.05) is 36.4 Å². The van der Waals surface area contributed by atoms with Crippen LogP contribution in [-0.4, -0.2) is 25.4 Å². The number of rotatable bonds is 7. The van der Waals surface area contributed by atoms with Gasteiger partial charge in [0.2, 0.25) is 0 Å². The van der Waals surface area contributed by atoms with Crippen molar-refractivity contribution in [2.45, 2.75) is 26.4 Å². The summed E-state index contributed by atoms with van der Waals surface area (Å²) in [6.07, 6.45) is 5.18. The number of aryl methyl sites for hydroxylation is 2. The molecular weight excluding hydrogens is 481 g/mol. The van der Waals surface area contributed by atoms with E-state index in [4.69, 9.17) is 5.73 Å². The zero-order valence-corrected chi connectivity index (χ0v) is 21.4. The molecule has 0 radical (unpaired) electrons. The minimum absolute atomic E-state index is 0.258. The molecule has 3 heterocycles. The topological polar surface area (TPSA) is 111 Å². The third-order valence-corrected chi connectivity index (χ3v) is 6.49. The van der Waals surface area contributed by atoms with Crippen LogP contribution in [0.3, 0.4) is 0 Å². The Labute approximate surface area is 219 Å². The summed E-state index contributed by atoms with van der Waals surface area (Å²) in [7, 11) is 1.93. The highest BCUT2D eigenvalue weighted by Gasteiger charge is 2.17. The van der Waals surface area contributed by atoms with Gasteiger partial charge in [-0.05, 0) is 54.3 Å². The van der Waals surface area contributed by atoms with Crippen LogP contribution >= 0.6 is 0 Å². The van der Waals surface area contributed by atoms with E-state index in [1.165, 1.54) is 18.5 Å². The molecule has 8 nitrogen and oxygen atoms in total. The number of hydrogen-bond donors (Lipinski definition) is 3. The number of aromatic nitrogens is 4. The standard InChI is InChI=1S/C29H28FN7O/c1-17-12-23(29(38)36-18(2)20-8-10-22(30)11-9-20)27(32-13-17)33-14-19-4-6-21(7-5-19)24-15-37(3)28-25(24)26(31)34-16-35-28/h4-13,15-16,18H,14H2,1-3H3,(H,32,33)(H,36,38)(H2,31,34,35). The van der Waals surface area contributed by atoms with E-state index in [2.05, 4.69) is 25.6 Å². The number of benzene rings is 2. The normalized spacial score (nSPS) is 11.9. The Balaban J connectivity index is 1.31. The van der Waals surface area contributed by atoms with Gasteiger partial charge >= 0.3 is 0 Å². The van der Waals surface area contributed by atoms with E-state index < -0.39 is 0 Å². The van der Waals surface area contributed by atoms with Crippen molar-refractivity contribution in [3.05, 3.63) is 101 Å². The maximum Gasteiger partial charge on any atom is 0.255 e. The van der Waals surface area contributed by atoms with Crippen LogP contribution in [0.2, 0.25) is 0 Å². The van der Waals surface area contributed by atoms with Crippen molar-refractivity contribution in [2.24, 2.45) is 7.05 Å². The molecule has 5 aromatic rings. The van der Waals surface area contributed by atoms with Crippen molar-refractivity contribution in [2.75, 3.05) is 11.1 Å². The molecule has 1 atom stereocenters. The average molecular weight is 510 g/mol. The van der Waals surface area contributed by atoms with Crippen LogP contribution in [-0.2, 0) is 13.6 Å². The van der Waals surface area contributed by atoms with Crippen LogP contribution in [0.1, 0.15) is 40.0 Å². The van der Waals surface area contributed by atoms with Crippen molar-refractivity contribution in [1.29, 1.82) is 0 Å². The van der Waals surface area contributed by atoms with Gasteiger partial charge in [0, 0.05) is 31.5 Å². The number of halogens is 1. The summed E-state index contributed by atoms with van der Waals surface area (Å²) >= 11 is 0. The second kappa shape index (κ2) is 10.3. The minimum Gasteiger partial charge on any atom is -0.383 e. The second-order valence-corrected chi connectivity index (χ2v) is 9.32. The summed E-state index contributed by atoms with van der Waals surface area (Å²) < 4.78 is 15.2. The smallest absolute Gasteiger partial charge is 0.255 e. The molecule has 192 valence electrons. The Morgan fingerprint density at radius 1 is 1.08 bits per heavy atom. The Bertz CT molecular complexity index is 1610. The number of nitrogens with one attached hydrogen (secondary N) is 2. The van der Waals surface area contributed by atoms with E-state index >= 15 is 0 Å². The number of nitrogens with two attached hydrogens (primary N) is 1. The van der Waals surface area contributed by atoms with Crippen molar-refractivity contribution in [1.82, 2.24) is 24.8 Å². The molecule has 1 unspecified atom stereocenters. The third kappa shape index (κ3) is 5.04. The largest absolute Gasteiger partial charge is 0.383 e. The Hall–Kier alpha value is -4.79. The van der Waals surface area contributed by atoms with Gasteiger partial charge in [0.25, 0.3) is 5.91 Å². The first kappa shape index (κ1) is 24.9. The summed E-state index contributed by atoms with van der Waals surface area (Å²) in [6.45, 7) is 4.23. The minimum atomic E-state index is -0.315. The third-order valence-electron chi connectivity index (χ3n) is 6.49. The number of anilines is 2. The first-order valence-corrected chi connectivity index (χ1v) is 12.2. The van der Waals surface area contributed by atoms with Gasteiger partial charge in [-0.3, -0.25) is 4.79 Å². The monoisotopic (exact) mass is 509 g/mol. The van der Waals surface area contributed by atoms with E-state index in [-0.39, 0.29) is 17.8 Å². The van der Waals surface area contributed by atoms with Gasteiger partial charge in [0.05, 0.1) is 17.0 Å².